The zero-order chi connectivity index (χ0) is 10.3. The van der Waals surface area contributed by atoms with Crippen molar-refractivity contribution in [3.8, 4) is 0 Å². The SMILES string of the molecule is Fc1cc2c(s1)C1(CCNCC1)OCC2. The molecular weight excluding hydrogens is 213 g/mol. The predicted octanol–water partition coefficient (Wildman–Crippen LogP) is 2.04. The van der Waals surface area contributed by atoms with Crippen LogP contribution in [-0.4, -0.2) is 19.7 Å². The molecule has 3 heterocycles. The zero-order valence-corrected chi connectivity index (χ0v) is 9.33. The van der Waals surface area contributed by atoms with Crippen molar-refractivity contribution >= 4 is 11.3 Å². The minimum Gasteiger partial charge on any atom is -0.369 e. The summed E-state index contributed by atoms with van der Waals surface area (Å²) in [7, 11) is 0. The molecule has 1 N–H and O–H groups in total. The average molecular weight is 227 g/mol. The Labute approximate surface area is 92.4 Å². The van der Waals surface area contributed by atoms with Crippen LogP contribution < -0.4 is 5.32 Å². The molecule has 82 valence electrons. The van der Waals surface area contributed by atoms with Gasteiger partial charge in [-0.3, -0.25) is 0 Å². The van der Waals surface area contributed by atoms with E-state index in [1.807, 2.05) is 0 Å². The molecule has 2 aliphatic heterocycles. The Kier molecular flexibility index (Phi) is 2.30. The van der Waals surface area contributed by atoms with Gasteiger partial charge in [-0.05, 0) is 44.0 Å². The first kappa shape index (κ1) is 9.75. The molecule has 0 bridgehead atoms. The highest BCUT2D eigenvalue weighted by Crippen LogP contribution is 2.43. The molecule has 1 aromatic rings. The molecule has 1 saturated heterocycles. The van der Waals surface area contributed by atoms with Gasteiger partial charge in [-0.1, -0.05) is 0 Å². The molecule has 3 rings (SSSR count). The summed E-state index contributed by atoms with van der Waals surface area (Å²) in [5.74, 6) is 0. The van der Waals surface area contributed by atoms with Crippen LogP contribution in [0.4, 0.5) is 4.39 Å². The highest BCUT2D eigenvalue weighted by Gasteiger charge is 2.40. The second kappa shape index (κ2) is 3.54. The van der Waals surface area contributed by atoms with Crippen molar-refractivity contribution in [3.05, 3.63) is 21.6 Å². The Bertz CT molecular complexity index is 371. The fourth-order valence-corrected chi connectivity index (χ4v) is 3.73. The van der Waals surface area contributed by atoms with Crippen LogP contribution in [0.5, 0.6) is 0 Å². The first-order valence-corrected chi connectivity index (χ1v) is 6.25. The third kappa shape index (κ3) is 1.51. The molecule has 0 atom stereocenters. The number of ether oxygens (including phenoxy) is 1. The molecule has 0 radical (unpaired) electrons. The van der Waals surface area contributed by atoms with E-state index in [0.717, 1.165) is 43.8 Å². The van der Waals surface area contributed by atoms with Crippen molar-refractivity contribution in [2.75, 3.05) is 19.7 Å². The number of nitrogens with one attached hydrogen (secondary N) is 1. The maximum Gasteiger partial charge on any atom is 0.177 e. The smallest absolute Gasteiger partial charge is 0.177 e. The van der Waals surface area contributed by atoms with Gasteiger partial charge in [0.1, 0.15) is 5.60 Å². The summed E-state index contributed by atoms with van der Waals surface area (Å²) in [4.78, 5) is 1.15. The highest BCUT2D eigenvalue weighted by molar-refractivity contribution is 7.10. The molecule has 0 amide bonds. The summed E-state index contributed by atoms with van der Waals surface area (Å²) < 4.78 is 19.2. The molecule has 1 spiro atoms. The Morgan fingerprint density at radius 3 is 3.00 bits per heavy atom. The summed E-state index contributed by atoms with van der Waals surface area (Å²) in [6.45, 7) is 2.68. The van der Waals surface area contributed by atoms with Gasteiger partial charge in [0.15, 0.2) is 5.13 Å². The van der Waals surface area contributed by atoms with Gasteiger partial charge >= 0.3 is 0 Å². The van der Waals surface area contributed by atoms with Crippen molar-refractivity contribution in [3.63, 3.8) is 0 Å². The number of piperidine rings is 1. The second-order valence-corrected chi connectivity index (χ2v) is 5.25. The van der Waals surface area contributed by atoms with Crippen LogP contribution in [0.3, 0.4) is 0 Å². The molecule has 1 aromatic heterocycles. The number of hydrogen-bond donors (Lipinski definition) is 1. The maximum absolute atomic E-state index is 13.3. The number of rotatable bonds is 0. The van der Waals surface area contributed by atoms with E-state index in [0.29, 0.717) is 0 Å². The molecule has 4 heteroatoms. The van der Waals surface area contributed by atoms with Gasteiger partial charge in [0.25, 0.3) is 0 Å². The van der Waals surface area contributed by atoms with Gasteiger partial charge in [0.05, 0.1) is 6.61 Å². The Morgan fingerprint density at radius 2 is 2.20 bits per heavy atom. The monoisotopic (exact) mass is 227 g/mol. The van der Waals surface area contributed by atoms with E-state index in [2.05, 4.69) is 5.32 Å². The molecule has 1 fully saturated rings. The van der Waals surface area contributed by atoms with E-state index in [9.17, 15) is 4.39 Å². The summed E-state index contributed by atoms with van der Waals surface area (Å²) >= 11 is 1.28. The molecule has 2 nitrogen and oxygen atoms in total. The first-order valence-electron chi connectivity index (χ1n) is 5.44. The number of hydrogen-bond acceptors (Lipinski definition) is 3. The van der Waals surface area contributed by atoms with E-state index < -0.39 is 0 Å². The van der Waals surface area contributed by atoms with Crippen molar-refractivity contribution < 1.29 is 9.13 Å². The Morgan fingerprint density at radius 1 is 1.40 bits per heavy atom. The predicted molar refractivity (Wildman–Crippen MR) is 57.7 cm³/mol. The average Bonchev–Trinajstić information content (AvgIpc) is 2.62. The van der Waals surface area contributed by atoms with Gasteiger partial charge in [0, 0.05) is 4.88 Å². The summed E-state index contributed by atoms with van der Waals surface area (Å²) in [6.07, 6.45) is 2.81. The van der Waals surface area contributed by atoms with Crippen molar-refractivity contribution in [2.24, 2.45) is 0 Å². The van der Waals surface area contributed by atoms with Crippen LogP contribution >= 0.6 is 11.3 Å². The fraction of sp³-hybridized carbons (Fsp3) is 0.636. The van der Waals surface area contributed by atoms with E-state index in [-0.39, 0.29) is 10.7 Å². The lowest BCUT2D eigenvalue weighted by Crippen LogP contribution is -2.43. The van der Waals surface area contributed by atoms with Crippen molar-refractivity contribution in [1.82, 2.24) is 5.32 Å². The first-order chi connectivity index (χ1) is 7.30. The zero-order valence-electron chi connectivity index (χ0n) is 8.51. The van der Waals surface area contributed by atoms with E-state index in [1.54, 1.807) is 6.07 Å². The minimum atomic E-state index is -0.173. The molecular formula is C11H14FNOS. The van der Waals surface area contributed by atoms with Gasteiger partial charge in [-0.25, -0.2) is 0 Å². The van der Waals surface area contributed by atoms with Crippen LogP contribution in [-0.2, 0) is 16.8 Å². The third-order valence-corrected chi connectivity index (χ3v) is 4.50. The molecule has 0 saturated carbocycles. The van der Waals surface area contributed by atoms with Crippen molar-refractivity contribution in [2.45, 2.75) is 24.9 Å². The van der Waals surface area contributed by atoms with Gasteiger partial charge in [-0.15, -0.1) is 11.3 Å². The molecule has 0 aromatic carbocycles. The van der Waals surface area contributed by atoms with E-state index in [4.69, 9.17) is 4.74 Å². The second-order valence-electron chi connectivity index (χ2n) is 4.25. The van der Waals surface area contributed by atoms with Crippen LogP contribution in [0.15, 0.2) is 6.07 Å². The largest absolute Gasteiger partial charge is 0.369 e. The van der Waals surface area contributed by atoms with E-state index >= 15 is 0 Å². The van der Waals surface area contributed by atoms with Crippen LogP contribution in [0.25, 0.3) is 0 Å². The topological polar surface area (TPSA) is 21.3 Å². The minimum absolute atomic E-state index is 0.0663. The number of fused-ring (bicyclic) bond motifs is 2. The summed E-state index contributed by atoms with van der Waals surface area (Å²) in [5.41, 5.74) is 0.999. The Balaban J connectivity index is 2.03. The summed E-state index contributed by atoms with van der Waals surface area (Å²) in [5, 5.41) is 3.26. The Hall–Kier alpha value is -0.450. The van der Waals surface area contributed by atoms with Gasteiger partial charge in [-0.2, -0.15) is 4.39 Å². The van der Waals surface area contributed by atoms with Gasteiger partial charge in [0.2, 0.25) is 0 Å². The van der Waals surface area contributed by atoms with Crippen LogP contribution in [0.2, 0.25) is 0 Å². The third-order valence-electron chi connectivity index (χ3n) is 3.35. The lowest BCUT2D eigenvalue weighted by atomic mass is 9.86. The standard InChI is InChI=1S/C11H14FNOS/c12-9-7-8-1-6-14-11(10(8)15-9)2-4-13-5-3-11/h7,13H,1-6H2. The summed E-state index contributed by atoms with van der Waals surface area (Å²) in [6, 6.07) is 1.69. The highest BCUT2D eigenvalue weighted by atomic mass is 32.1. The quantitative estimate of drug-likeness (QED) is 0.732. The van der Waals surface area contributed by atoms with Crippen LogP contribution in [0, 0.1) is 5.13 Å². The fourth-order valence-electron chi connectivity index (χ4n) is 2.59. The van der Waals surface area contributed by atoms with E-state index in [1.165, 1.54) is 16.9 Å². The van der Waals surface area contributed by atoms with Crippen molar-refractivity contribution in [1.29, 1.82) is 0 Å². The number of halogens is 1. The molecule has 0 aliphatic carbocycles. The van der Waals surface area contributed by atoms with Crippen LogP contribution in [0.1, 0.15) is 23.3 Å². The maximum atomic E-state index is 13.3. The molecule has 15 heavy (non-hydrogen) atoms. The number of thiophene rings is 1. The normalized spacial score (nSPS) is 24.1. The molecule has 2 aliphatic rings. The lowest BCUT2D eigenvalue weighted by molar-refractivity contribution is -0.0771. The lowest BCUT2D eigenvalue weighted by Gasteiger charge is -2.40. The van der Waals surface area contributed by atoms with Gasteiger partial charge < -0.3 is 10.1 Å². The molecule has 0 unspecified atom stereocenters.